The van der Waals surface area contributed by atoms with Crippen LogP contribution in [0.3, 0.4) is 0 Å². The molecule has 0 aliphatic carbocycles. The van der Waals surface area contributed by atoms with Crippen LogP contribution in [-0.4, -0.2) is 82.1 Å². The monoisotopic (exact) mass is 756 g/mol. The predicted molar refractivity (Wildman–Crippen MR) is 178 cm³/mol. The second kappa shape index (κ2) is 29.7. The summed E-state index contributed by atoms with van der Waals surface area (Å²) in [5.74, 6) is 0.202. The molecule has 0 bridgehead atoms. The maximum absolute atomic E-state index is 12.4. The van der Waals surface area contributed by atoms with Crippen molar-refractivity contribution in [1.82, 2.24) is 9.80 Å². The number of ketones is 2. The maximum Gasteiger partial charge on any atom is 0.155 e. The quantitative estimate of drug-likeness (QED) is 0.137. The van der Waals surface area contributed by atoms with E-state index >= 15 is 0 Å². The molecule has 0 aromatic heterocycles. The van der Waals surface area contributed by atoms with E-state index in [1.807, 2.05) is 118 Å². The number of hydrogen-bond acceptors (Lipinski definition) is 6. The van der Waals surface area contributed by atoms with E-state index in [4.69, 9.17) is 0 Å². The number of hydrogen-bond donors (Lipinski definition) is 2. The van der Waals surface area contributed by atoms with Crippen molar-refractivity contribution < 1.29 is 85.2 Å². The van der Waals surface area contributed by atoms with E-state index in [-0.39, 0.29) is 113 Å². The van der Waals surface area contributed by atoms with Gasteiger partial charge in [-0.3, -0.25) is 19.4 Å². The molecule has 0 amide bonds. The Morgan fingerprint density at radius 1 is 0.698 bits per heavy atom. The smallest absolute Gasteiger partial charge is 0.155 e. The number of nitrogens with zero attached hydrogens (tertiary/aromatic N) is 2. The molecule has 6 atom stereocenters. The maximum atomic E-state index is 12.4. The molecule has 0 heterocycles. The zero-order chi connectivity index (χ0) is 33.0. The predicted octanol–water partition coefficient (Wildman–Crippen LogP) is 6.58. The summed E-state index contributed by atoms with van der Waals surface area (Å²) in [5.41, 5.74) is 0. The molecule has 2 unspecified atom stereocenters. The molecule has 43 heavy (non-hydrogen) atoms. The van der Waals surface area contributed by atoms with Crippen molar-refractivity contribution in [2.75, 3.05) is 14.1 Å². The molecule has 0 aliphatic rings. The van der Waals surface area contributed by atoms with Crippen molar-refractivity contribution >= 4 is 11.6 Å². The fourth-order valence-corrected chi connectivity index (χ4v) is 4.11. The number of carbonyl (C=O) groups is 2. The molecule has 0 saturated carbocycles. The third-order valence-corrected chi connectivity index (χ3v) is 7.46. The summed E-state index contributed by atoms with van der Waals surface area (Å²) in [5, 5.41) is 21.1. The van der Waals surface area contributed by atoms with Gasteiger partial charge >= 0.3 is 0 Å². The number of aliphatic hydroxyl groups excluding tert-OH is 2. The van der Waals surface area contributed by atoms with Crippen molar-refractivity contribution in [2.45, 2.75) is 125 Å². The average Bonchev–Trinajstić information content (AvgIpc) is 2.90. The number of likely N-dealkylation sites (N-methyl/N-ethyl adjacent to an activating group) is 2. The van der Waals surface area contributed by atoms with Crippen LogP contribution >= 0.6 is 0 Å². The van der Waals surface area contributed by atoms with Crippen molar-refractivity contribution in [2.24, 2.45) is 23.7 Å². The van der Waals surface area contributed by atoms with Crippen LogP contribution in [0.2, 0.25) is 0 Å². The molecule has 0 aromatic carbocycles. The van der Waals surface area contributed by atoms with E-state index in [0.717, 1.165) is 12.8 Å². The van der Waals surface area contributed by atoms with E-state index in [1.54, 1.807) is 6.08 Å². The van der Waals surface area contributed by atoms with Gasteiger partial charge in [0.25, 0.3) is 0 Å². The van der Waals surface area contributed by atoms with Gasteiger partial charge < -0.3 is 10.2 Å². The van der Waals surface area contributed by atoms with Gasteiger partial charge in [0.1, 0.15) is 0 Å². The van der Waals surface area contributed by atoms with Crippen LogP contribution < -0.4 is 0 Å². The van der Waals surface area contributed by atoms with E-state index in [9.17, 15) is 19.8 Å². The standard InChI is InChI=1S/C16H31NO2.C16H30NO2.C3H5.2Y/c2*1-8-9-10-13(6)16(19)14(15(18)11(2)3)17(7)12(4)5;1-3-2;;/h8-9,11-14,16,19H,10H2,1-7H3;8-9,11-14,16,19H,1,10H2,2-7H3;3H,1-2H2;;/q;2*-1;;/b2*9-8+;;;/t2*13-,14?,16-;;;/m11.../s1. The van der Waals surface area contributed by atoms with Gasteiger partial charge in [-0.25, -0.2) is 38.7 Å². The number of Topliss-reactive ketones (excluding diaryl/α,β-unsaturated/α-hetero) is 2. The van der Waals surface area contributed by atoms with E-state index in [1.165, 1.54) is 6.08 Å². The summed E-state index contributed by atoms with van der Waals surface area (Å²) in [6.45, 7) is 31.8. The summed E-state index contributed by atoms with van der Waals surface area (Å²) in [6, 6.07) is -0.400. The Labute approximate surface area is 317 Å². The third kappa shape index (κ3) is 21.7. The van der Waals surface area contributed by atoms with Gasteiger partial charge in [-0.2, -0.15) is 0 Å². The average molecular weight is 757 g/mol. The summed E-state index contributed by atoms with van der Waals surface area (Å²) >= 11 is 0. The van der Waals surface area contributed by atoms with Crippen LogP contribution in [0.25, 0.3) is 0 Å². The molecule has 6 nitrogen and oxygen atoms in total. The van der Waals surface area contributed by atoms with Gasteiger partial charge in [-0.15, -0.1) is 0 Å². The van der Waals surface area contributed by atoms with Crippen molar-refractivity contribution in [1.29, 1.82) is 0 Å². The van der Waals surface area contributed by atoms with Gasteiger partial charge in [-0.05, 0) is 67.0 Å². The fraction of sp³-hybridized carbons (Fsp3) is 0.714. The number of aliphatic hydroxyl groups is 2. The van der Waals surface area contributed by atoms with Gasteiger partial charge in [0, 0.05) is 89.3 Å². The number of rotatable bonds is 16. The zero-order valence-electron chi connectivity index (χ0n) is 30.0. The van der Waals surface area contributed by atoms with Crippen LogP contribution in [0.15, 0.2) is 37.0 Å². The minimum Gasteiger partial charge on any atom is -0.391 e. The Balaban J connectivity index is -0.000000196. The van der Waals surface area contributed by atoms with Crippen LogP contribution in [0, 0.1) is 37.5 Å². The Kier molecular flexibility index (Phi) is 36.5. The van der Waals surface area contributed by atoms with Crippen LogP contribution in [-0.2, 0) is 75.0 Å². The summed E-state index contributed by atoms with van der Waals surface area (Å²) in [6.07, 6.45) is 9.44. The van der Waals surface area contributed by atoms with Gasteiger partial charge in [-0.1, -0.05) is 60.1 Å². The largest absolute Gasteiger partial charge is 0.391 e. The number of allylic oxidation sites excluding steroid dienone is 5. The van der Waals surface area contributed by atoms with Crippen LogP contribution in [0.4, 0.5) is 0 Å². The molecule has 0 aliphatic heterocycles. The molecular formula is C35H66N2O4Y2-2. The number of carbonyl (C=O) groups excluding carboxylic acids is 2. The van der Waals surface area contributed by atoms with Gasteiger partial charge in [0.15, 0.2) is 11.6 Å². The minimum absolute atomic E-state index is 0. The zero-order valence-corrected chi connectivity index (χ0v) is 35.6. The molecule has 0 spiro atoms. The fourth-order valence-electron chi connectivity index (χ4n) is 4.11. The Bertz CT molecular complexity index is 709. The van der Waals surface area contributed by atoms with Crippen LogP contribution in [0.1, 0.15) is 89.0 Å². The van der Waals surface area contributed by atoms with E-state index in [0.29, 0.717) is 0 Å². The van der Waals surface area contributed by atoms with E-state index in [2.05, 4.69) is 20.4 Å². The molecule has 8 heteroatoms. The summed E-state index contributed by atoms with van der Waals surface area (Å²) in [4.78, 5) is 28.7. The minimum atomic E-state index is -0.654. The molecule has 0 saturated heterocycles. The second-order valence-corrected chi connectivity index (χ2v) is 12.3. The molecule has 248 valence electrons. The first-order chi connectivity index (χ1) is 18.9. The third-order valence-electron chi connectivity index (χ3n) is 7.46. The first-order valence-corrected chi connectivity index (χ1v) is 15.2. The van der Waals surface area contributed by atoms with Gasteiger partial charge in [0.05, 0.1) is 24.3 Å². The first-order valence-electron chi connectivity index (χ1n) is 15.2. The summed E-state index contributed by atoms with van der Waals surface area (Å²) < 4.78 is 0. The van der Waals surface area contributed by atoms with Crippen molar-refractivity contribution in [3.8, 4) is 0 Å². The van der Waals surface area contributed by atoms with E-state index < -0.39 is 24.3 Å². The van der Waals surface area contributed by atoms with Gasteiger partial charge in [0.2, 0.25) is 0 Å². The molecule has 0 fully saturated rings. The normalized spacial score (nSPS) is 15.7. The Hall–Kier alpha value is 0.348. The molecule has 0 aromatic rings. The molecule has 2 radical (unpaired) electrons. The molecular weight excluding hydrogens is 690 g/mol. The molecule has 0 rings (SSSR count). The van der Waals surface area contributed by atoms with Crippen LogP contribution in [0.5, 0.6) is 0 Å². The second-order valence-electron chi connectivity index (χ2n) is 12.3. The summed E-state index contributed by atoms with van der Waals surface area (Å²) in [7, 11) is 3.82. The van der Waals surface area contributed by atoms with Crippen molar-refractivity contribution in [3.63, 3.8) is 0 Å². The first kappa shape index (κ1) is 52.9. The molecule has 2 N–H and O–H groups in total. The SMILES string of the molecule is C/C=C/C[C@@H](C)[C@@H](O)C(C(=O)C(C)C)N(C)C(C)C.C=C[CH2-].[CH2-]/C=C/C[C@@H](C)[C@@H](O)C(C(=O)C(C)C)N(C)C(C)C.[Y].[Y]. The Morgan fingerprint density at radius 2 is 0.977 bits per heavy atom. The van der Waals surface area contributed by atoms with Crippen molar-refractivity contribution in [3.05, 3.63) is 50.8 Å². The topological polar surface area (TPSA) is 81.1 Å². The Morgan fingerprint density at radius 3 is 1.19 bits per heavy atom.